The molecule has 2 aliphatic rings. The smallest absolute Gasteiger partial charge is 0.258 e. The summed E-state index contributed by atoms with van der Waals surface area (Å²) < 4.78 is 11.5. The molecular formula is C22H24N2O5. The Balaban J connectivity index is 1.73. The molecule has 1 atom stereocenters. The van der Waals surface area contributed by atoms with E-state index in [0.717, 1.165) is 22.4 Å². The molecule has 0 bridgehead atoms. The lowest BCUT2D eigenvalue weighted by Gasteiger charge is -2.23. The molecule has 2 aliphatic heterocycles. The number of aryl methyl sites for hydroxylation is 1. The van der Waals surface area contributed by atoms with Crippen molar-refractivity contribution in [2.45, 2.75) is 26.3 Å². The number of carbonyl (C=O) groups is 1. The second kappa shape index (κ2) is 7.75. The van der Waals surface area contributed by atoms with Gasteiger partial charge in [-0.3, -0.25) is 4.79 Å². The summed E-state index contributed by atoms with van der Waals surface area (Å²) in [6.07, 6.45) is 0.482. The molecule has 1 amide bonds. The number of hydrogen-bond acceptors (Lipinski definition) is 6. The quantitative estimate of drug-likeness (QED) is 0.804. The Morgan fingerprint density at radius 2 is 2.00 bits per heavy atom. The average molecular weight is 396 g/mol. The largest absolute Gasteiger partial charge is 0.453 e. The van der Waals surface area contributed by atoms with Crippen molar-refractivity contribution in [3.05, 3.63) is 47.0 Å². The van der Waals surface area contributed by atoms with Gasteiger partial charge in [0.15, 0.2) is 11.5 Å². The van der Waals surface area contributed by atoms with Gasteiger partial charge in [-0.15, -0.1) is 0 Å². The number of nitrogens with zero attached hydrogens (tertiary/aromatic N) is 2. The monoisotopic (exact) mass is 396 g/mol. The first kappa shape index (κ1) is 19.3. The van der Waals surface area contributed by atoms with Gasteiger partial charge in [-0.25, -0.2) is 0 Å². The van der Waals surface area contributed by atoms with E-state index in [2.05, 4.69) is 25.1 Å². The molecule has 1 fully saturated rings. The summed E-state index contributed by atoms with van der Waals surface area (Å²) in [7, 11) is 1.47. The zero-order valence-electron chi connectivity index (χ0n) is 16.8. The van der Waals surface area contributed by atoms with Crippen LogP contribution in [0.4, 0.5) is 0 Å². The number of ether oxygens (including phenoxy) is 2. The zero-order chi connectivity index (χ0) is 20.5. The van der Waals surface area contributed by atoms with Gasteiger partial charge >= 0.3 is 0 Å². The lowest BCUT2D eigenvalue weighted by atomic mass is 9.95. The van der Waals surface area contributed by atoms with E-state index in [1.807, 2.05) is 18.2 Å². The van der Waals surface area contributed by atoms with Crippen LogP contribution in [0.3, 0.4) is 0 Å². The first-order valence-electron chi connectivity index (χ1n) is 9.55. The number of aliphatic hydroxyl groups is 1. The highest BCUT2D eigenvalue weighted by atomic mass is 16.7. The molecule has 0 radical (unpaired) electrons. The molecule has 2 aromatic rings. The van der Waals surface area contributed by atoms with Crippen LogP contribution in [0.15, 0.2) is 35.5 Å². The number of rotatable bonds is 4. The van der Waals surface area contributed by atoms with Crippen LogP contribution in [0.2, 0.25) is 0 Å². The highest BCUT2D eigenvalue weighted by molar-refractivity contribution is 6.03. The summed E-state index contributed by atoms with van der Waals surface area (Å²) in [5, 5.41) is 13.7. The number of fused-ring (bicyclic) bond motifs is 1. The van der Waals surface area contributed by atoms with Crippen molar-refractivity contribution in [2.75, 3.05) is 27.1 Å². The van der Waals surface area contributed by atoms with Crippen LogP contribution in [-0.4, -0.2) is 54.7 Å². The standard InChI is InChI=1S/C22H24N2O5/c1-13-5-4-6-17(14(13)2)18-7-8-19(21-20(18)28-12-29-21)22(26)24-10-15(23-27-3)9-16(24)11-25/h4-8,16,25H,9-12H2,1-3H3/b23-15-/t16-/m0/s1. The number of benzene rings is 2. The number of aliphatic hydroxyl groups excluding tert-OH is 1. The van der Waals surface area contributed by atoms with E-state index in [0.29, 0.717) is 30.0 Å². The van der Waals surface area contributed by atoms with Gasteiger partial charge < -0.3 is 24.3 Å². The van der Waals surface area contributed by atoms with Gasteiger partial charge in [-0.1, -0.05) is 23.4 Å². The molecule has 7 nitrogen and oxygen atoms in total. The molecule has 152 valence electrons. The second-order valence-corrected chi connectivity index (χ2v) is 7.29. The van der Waals surface area contributed by atoms with Crippen molar-refractivity contribution in [1.29, 1.82) is 0 Å². The molecule has 7 heteroatoms. The van der Waals surface area contributed by atoms with Crippen LogP contribution < -0.4 is 9.47 Å². The Morgan fingerprint density at radius 3 is 2.76 bits per heavy atom. The minimum absolute atomic E-state index is 0.0668. The van der Waals surface area contributed by atoms with Crippen LogP contribution >= 0.6 is 0 Å². The highest BCUT2D eigenvalue weighted by Gasteiger charge is 2.36. The third-order valence-electron chi connectivity index (χ3n) is 5.60. The molecule has 1 N–H and O–H groups in total. The van der Waals surface area contributed by atoms with E-state index in [4.69, 9.17) is 14.3 Å². The van der Waals surface area contributed by atoms with Gasteiger partial charge in [0.05, 0.1) is 30.5 Å². The van der Waals surface area contributed by atoms with Crippen molar-refractivity contribution >= 4 is 11.6 Å². The molecular weight excluding hydrogens is 372 g/mol. The number of amides is 1. The number of oxime groups is 1. The predicted octanol–water partition coefficient (Wildman–Crippen LogP) is 2.91. The Morgan fingerprint density at radius 1 is 1.21 bits per heavy atom. The normalized spacial score (nSPS) is 19.1. The van der Waals surface area contributed by atoms with E-state index in [1.165, 1.54) is 12.7 Å². The third-order valence-corrected chi connectivity index (χ3v) is 5.60. The zero-order valence-corrected chi connectivity index (χ0v) is 16.8. The van der Waals surface area contributed by atoms with Gasteiger partial charge in [-0.05, 0) is 42.7 Å². The van der Waals surface area contributed by atoms with Crippen LogP contribution in [0, 0.1) is 13.8 Å². The van der Waals surface area contributed by atoms with Crippen LogP contribution in [-0.2, 0) is 4.84 Å². The summed E-state index contributed by atoms with van der Waals surface area (Å²) in [6, 6.07) is 9.44. The number of likely N-dealkylation sites (tertiary alicyclic amines) is 1. The van der Waals surface area contributed by atoms with Gasteiger partial charge in [0, 0.05) is 12.0 Å². The van der Waals surface area contributed by atoms with E-state index in [9.17, 15) is 9.90 Å². The van der Waals surface area contributed by atoms with E-state index >= 15 is 0 Å². The van der Waals surface area contributed by atoms with Crippen molar-refractivity contribution in [2.24, 2.45) is 5.16 Å². The molecule has 0 aromatic heterocycles. The van der Waals surface area contributed by atoms with Crippen LogP contribution in [0.1, 0.15) is 27.9 Å². The second-order valence-electron chi connectivity index (χ2n) is 7.29. The molecule has 0 unspecified atom stereocenters. The Kier molecular flexibility index (Phi) is 5.15. The SMILES string of the molecule is CO/N=C1/C[C@@H](CO)N(C(=O)c2ccc(-c3cccc(C)c3C)c3c2OCO3)C1. The maximum Gasteiger partial charge on any atom is 0.258 e. The summed E-state index contributed by atoms with van der Waals surface area (Å²) >= 11 is 0. The maximum atomic E-state index is 13.3. The van der Waals surface area contributed by atoms with Crippen molar-refractivity contribution < 1.29 is 24.2 Å². The van der Waals surface area contributed by atoms with E-state index < -0.39 is 0 Å². The average Bonchev–Trinajstić information content (AvgIpc) is 3.36. The first-order valence-corrected chi connectivity index (χ1v) is 9.55. The van der Waals surface area contributed by atoms with Gasteiger partial charge in [-0.2, -0.15) is 0 Å². The fourth-order valence-corrected chi connectivity index (χ4v) is 3.94. The Labute approximate surface area is 169 Å². The molecule has 29 heavy (non-hydrogen) atoms. The fourth-order valence-electron chi connectivity index (χ4n) is 3.94. The molecule has 2 aromatic carbocycles. The molecule has 2 heterocycles. The maximum absolute atomic E-state index is 13.3. The molecule has 4 rings (SSSR count). The summed E-state index contributed by atoms with van der Waals surface area (Å²) in [5.41, 5.74) is 5.43. The highest BCUT2D eigenvalue weighted by Crippen LogP contribution is 2.45. The van der Waals surface area contributed by atoms with E-state index in [1.54, 1.807) is 11.0 Å². The van der Waals surface area contributed by atoms with E-state index in [-0.39, 0.29) is 25.3 Å². The molecule has 0 saturated carbocycles. The topological polar surface area (TPSA) is 80.6 Å². The lowest BCUT2D eigenvalue weighted by molar-refractivity contribution is 0.0675. The Bertz CT molecular complexity index is 985. The third kappa shape index (κ3) is 3.31. The predicted molar refractivity (Wildman–Crippen MR) is 108 cm³/mol. The molecule has 0 spiro atoms. The fraction of sp³-hybridized carbons (Fsp3) is 0.364. The van der Waals surface area contributed by atoms with Crippen molar-refractivity contribution in [3.63, 3.8) is 0 Å². The minimum Gasteiger partial charge on any atom is -0.453 e. The van der Waals surface area contributed by atoms with Gasteiger partial charge in [0.25, 0.3) is 5.91 Å². The Hall–Kier alpha value is -3.06. The summed E-state index contributed by atoms with van der Waals surface area (Å²) in [6.45, 7) is 4.37. The van der Waals surface area contributed by atoms with Crippen LogP contribution in [0.25, 0.3) is 11.1 Å². The first-order chi connectivity index (χ1) is 14.0. The van der Waals surface area contributed by atoms with Gasteiger partial charge in [0.2, 0.25) is 6.79 Å². The van der Waals surface area contributed by atoms with Crippen molar-refractivity contribution in [1.82, 2.24) is 4.90 Å². The summed E-state index contributed by atoms with van der Waals surface area (Å²) in [5.74, 6) is 0.803. The van der Waals surface area contributed by atoms with Gasteiger partial charge in [0.1, 0.15) is 7.11 Å². The molecule has 1 saturated heterocycles. The summed E-state index contributed by atoms with van der Waals surface area (Å²) in [4.78, 5) is 19.7. The lowest BCUT2D eigenvalue weighted by Crippen LogP contribution is -2.38. The molecule has 0 aliphatic carbocycles. The minimum atomic E-state index is -0.340. The van der Waals surface area contributed by atoms with Crippen molar-refractivity contribution in [3.8, 4) is 22.6 Å². The number of hydrogen-bond donors (Lipinski definition) is 1. The number of carbonyl (C=O) groups excluding carboxylic acids is 1. The van der Waals surface area contributed by atoms with Crippen LogP contribution in [0.5, 0.6) is 11.5 Å².